The molecule has 0 saturated heterocycles. The Labute approximate surface area is 235 Å². The van der Waals surface area contributed by atoms with Crippen LogP contribution in [0.5, 0.6) is 0 Å². The summed E-state index contributed by atoms with van der Waals surface area (Å²) in [6.07, 6.45) is 5.97. The smallest absolute Gasteiger partial charge is 0.335 e. The molecule has 6 rings (SSSR count). The zero-order chi connectivity index (χ0) is 27.3. The molecule has 0 bridgehead atoms. The number of benzene rings is 4. The topological polar surface area (TPSA) is 58.4 Å². The highest BCUT2D eigenvalue weighted by molar-refractivity contribution is 5.93. The average molecular weight is 530 g/mol. The fourth-order valence-corrected chi connectivity index (χ4v) is 6.01. The van der Waals surface area contributed by atoms with E-state index in [2.05, 4.69) is 94.4 Å². The number of carboxylic acid groups (broad SMARTS) is 1. The van der Waals surface area contributed by atoms with E-state index in [4.69, 9.17) is 4.98 Å². The van der Waals surface area contributed by atoms with Crippen molar-refractivity contribution in [3.05, 3.63) is 125 Å². The molecule has 0 radical (unpaired) electrons. The first-order valence-corrected chi connectivity index (χ1v) is 14.3. The van der Waals surface area contributed by atoms with Gasteiger partial charge < -0.3 is 9.67 Å². The number of nitrogens with zero attached hydrogens (tertiary/aromatic N) is 3. The summed E-state index contributed by atoms with van der Waals surface area (Å²) in [6.45, 7) is 2.59. The van der Waals surface area contributed by atoms with Crippen molar-refractivity contribution < 1.29 is 9.90 Å². The van der Waals surface area contributed by atoms with Crippen LogP contribution in [0.3, 0.4) is 0 Å². The zero-order valence-corrected chi connectivity index (χ0v) is 22.7. The van der Waals surface area contributed by atoms with Crippen molar-refractivity contribution in [1.29, 1.82) is 0 Å². The van der Waals surface area contributed by atoms with Gasteiger partial charge in [0.05, 0.1) is 16.6 Å². The van der Waals surface area contributed by atoms with Gasteiger partial charge in [-0.05, 0) is 47.7 Å². The van der Waals surface area contributed by atoms with Gasteiger partial charge in [0, 0.05) is 31.2 Å². The van der Waals surface area contributed by atoms with E-state index in [0.717, 1.165) is 54.9 Å². The molecule has 40 heavy (non-hydrogen) atoms. The second-order valence-corrected chi connectivity index (χ2v) is 10.9. The third-order valence-electron chi connectivity index (χ3n) is 7.99. The van der Waals surface area contributed by atoms with Gasteiger partial charge in [-0.25, -0.2) is 9.78 Å². The van der Waals surface area contributed by atoms with Crippen LogP contribution in [0.2, 0.25) is 0 Å². The highest BCUT2D eigenvalue weighted by Gasteiger charge is 2.23. The fraction of sp³-hybridized carbons (Fsp3) is 0.257. The summed E-state index contributed by atoms with van der Waals surface area (Å²) in [7, 11) is 0. The fourth-order valence-electron chi connectivity index (χ4n) is 6.01. The van der Waals surface area contributed by atoms with Crippen molar-refractivity contribution in [2.24, 2.45) is 0 Å². The largest absolute Gasteiger partial charge is 0.478 e. The van der Waals surface area contributed by atoms with Crippen molar-refractivity contribution in [2.45, 2.75) is 57.8 Å². The van der Waals surface area contributed by atoms with Crippen LogP contribution >= 0.6 is 0 Å². The van der Waals surface area contributed by atoms with Gasteiger partial charge >= 0.3 is 5.97 Å². The Morgan fingerprint density at radius 1 is 0.750 bits per heavy atom. The molecular formula is C35H35N3O2. The van der Waals surface area contributed by atoms with Crippen molar-refractivity contribution in [2.75, 3.05) is 0 Å². The second kappa shape index (κ2) is 11.9. The summed E-state index contributed by atoms with van der Waals surface area (Å²) in [5.74, 6) is 0.0111. The molecular weight excluding hydrogens is 494 g/mol. The number of carboxylic acids is 1. The van der Waals surface area contributed by atoms with Gasteiger partial charge in [0.25, 0.3) is 0 Å². The SMILES string of the molecule is O=C(O)c1ccc2c(c1)nc(-c1ccc(CN(Cc3ccccc3)Cc3ccccc3)cc1)n2C1CCCCC1. The highest BCUT2D eigenvalue weighted by Crippen LogP contribution is 2.36. The minimum atomic E-state index is -0.921. The van der Waals surface area contributed by atoms with E-state index in [0.29, 0.717) is 6.04 Å². The van der Waals surface area contributed by atoms with Crippen LogP contribution < -0.4 is 0 Å². The lowest BCUT2D eigenvalue weighted by atomic mass is 9.94. The van der Waals surface area contributed by atoms with Crippen molar-refractivity contribution in [1.82, 2.24) is 14.5 Å². The normalized spacial score (nSPS) is 14.1. The molecule has 0 aliphatic heterocycles. The zero-order valence-electron chi connectivity index (χ0n) is 22.7. The van der Waals surface area contributed by atoms with Gasteiger partial charge in [0.1, 0.15) is 5.82 Å². The van der Waals surface area contributed by atoms with E-state index in [9.17, 15) is 9.90 Å². The van der Waals surface area contributed by atoms with Crippen LogP contribution in [0.1, 0.15) is 65.2 Å². The standard InChI is InChI=1S/C35H35N3O2/c39-35(40)30-20-21-33-32(22-30)36-34(38(33)31-14-8-3-9-15-31)29-18-16-28(17-19-29)25-37(23-26-10-4-1-5-11-26)24-27-12-6-2-7-13-27/h1-2,4-7,10-13,16-22,31H,3,8-9,14-15,23-25H2,(H,39,40). The predicted molar refractivity (Wildman–Crippen MR) is 160 cm³/mol. The van der Waals surface area contributed by atoms with Crippen LogP contribution in [0.4, 0.5) is 0 Å². The minimum Gasteiger partial charge on any atom is -0.478 e. The number of imidazole rings is 1. The van der Waals surface area contributed by atoms with Gasteiger partial charge in [-0.3, -0.25) is 4.90 Å². The molecule has 0 spiro atoms. The number of rotatable bonds is 9. The van der Waals surface area contributed by atoms with Gasteiger partial charge in [-0.15, -0.1) is 0 Å². The van der Waals surface area contributed by atoms with E-state index in [-0.39, 0.29) is 5.56 Å². The Morgan fingerprint density at radius 3 is 1.90 bits per heavy atom. The highest BCUT2D eigenvalue weighted by atomic mass is 16.4. The van der Waals surface area contributed by atoms with Gasteiger partial charge in [-0.1, -0.05) is 104 Å². The molecule has 5 nitrogen and oxygen atoms in total. The minimum absolute atomic E-state index is 0.277. The molecule has 0 unspecified atom stereocenters. The van der Waals surface area contributed by atoms with Crippen LogP contribution in [0, 0.1) is 0 Å². The first-order valence-electron chi connectivity index (χ1n) is 14.3. The molecule has 202 valence electrons. The molecule has 1 heterocycles. The average Bonchev–Trinajstić information content (AvgIpc) is 3.38. The van der Waals surface area contributed by atoms with Gasteiger partial charge in [-0.2, -0.15) is 0 Å². The third kappa shape index (κ3) is 5.85. The Kier molecular flexibility index (Phi) is 7.73. The Morgan fingerprint density at radius 2 is 1.32 bits per heavy atom. The van der Waals surface area contributed by atoms with Crippen molar-refractivity contribution >= 4 is 17.0 Å². The number of hydrogen-bond acceptors (Lipinski definition) is 3. The number of hydrogen-bond donors (Lipinski definition) is 1. The lowest BCUT2D eigenvalue weighted by Crippen LogP contribution is -2.22. The van der Waals surface area contributed by atoms with Crippen LogP contribution in [-0.2, 0) is 19.6 Å². The van der Waals surface area contributed by atoms with Crippen molar-refractivity contribution in [3.8, 4) is 11.4 Å². The van der Waals surface area contributed by atoms with E-state index in [1.54, 1.807) is 12.1 Å². The van der Waals surface area contributed by atoms with Crippen LogP contribution in [0.25, 0.3) is 22.4 Å². The molecule has 1 saturated carbocycles. The summed E-state index contributed by atoms with van der Waals surface area (Å²) in [4.78, 5) is 19.1. The maximum Gasteiger partial charge on any atom is 0.335 e. The van der Waals surface area contributed by atoms with E-state index in [1.165, 1.54) is 36.0 Å². The quantitative estimate of drug-likeness (QED) is 0.210. The Bertz CT molecular complexity index is 1530. The summed E-state index contributed by atoms with van der Waals surface area (Å²) < 4.78 is 2.37. The lowest BCUT2D eigenvalue weighted by molar-refractivity contribution is 0.0697. The molecule has 1 aromatic heterocycles. The summed E-state index contributed by atoms with van der Waals surface area (Å²) >= 11 is 0. The molecule has 1 fully saturated rings. The predicted octanol–water partition coefficient (Wildman–Crippen LogP) is 8.11. The molecule has 5 aromatic rings. The Hall–Kier alpha value is -4.22. The molecule has 1 aliphatic carbocycles. The third-order valence-corrected chi connectivity index (χ3v) is 7.99. The summed E-state index contributed by atoms with van der Waals surface area (Å²) in [5, 5.41) is 9.54. The molecule has 0 amide bonds. The molecule has 1 aliphatic rings. The summed E-state index contributed by atoms with van der Waals surface area (Å²) in [6, 6.07) is 35.8. The molecule has 0 atom stereocenters. The Balaban J connectivity index is 1.30. The van der Waals surface area contributed by atoms with E-state index < -0.39 is 5.97 Å². The molecule has 5 heteroatoms. The van der Waals surface area contributed by atoms with Crippen LogP contribution in [-0.4, -0.2) is 25.5 Å². The lowest BCUT2D eigenvalue weighted by Gasteiger charge is -2.26. The first-order chi connectivity index (χ1) is 19.6. The maximum atomic E-state index is 11.6. The number of aromatic carboxylic acids is 1. The molecule has 4 aromatic carbocycles. The maximum absolute atomic E-state index is 11.6. The monoisotopic (exact) mass is 529 g/mol. The number of carbonyl (C=O) groups is 1. The molecule has 1 N–H and O–H groups in total. The van der Waals surface area contributed by atoms with Gasteiger partial charge in [0.2, 0.25) is 0 Å². The van der Waals surface area contributed by atoms with E-state index in [1.807, 2.05) is 6.07 Å². The van der Waals surface area contributed by atoms with Gasteiger partial charge in [0.15, 0.2) is 0 Å². The first kappa shape index (κ1) is 26.0. The number of fused-ring (bicyclic) bond motifs is 1. The van der Waals surface area contributed by atoms with Crippen LogP contribution in [0.15, 0.2) is 103 Å². The van der Waals surface area contributed by atoms with Crippen molar-refractivity contribution in [3.63, 3.8) is 0 Å². The second-order valence-electron chi connectivity index (χ2n) is 10.9. The summed E-state index contributed by atoms with van der Waals surface area (Å²) in [5.41, 5.74) is 6.98. The number of aromatic nitrogens is 2. The van der Waals surface area contributed by atoms with E-state index >= 15 is 0 Å².